The number of carboxylic acid groups (broad SMARTS) is 1. The molecule has 0 bridgehead atoms. The molecule has 1 aliphatic heterocycles. The number of aliphatic hydroxyl groups is 4. The van der Waals surface area contributed by atoms with Crippen LogP contribution in [0.15, 0.2) is 24.3 Å². The molecule has 26 heavy (non-hydrogen) atoms. The van der Waals surface area contributed by atoms with Crippen molar-refractivity contribution in [1.29, 1.82) is 0 Å². The molecule has 3 rings (SSSR count). The number of fused-ring (bicyclic) bond motifs is 1. The van der Waals surface area contributed by atoms with Crippen molar-refractivity contribution in [3.63, 3.8) is 0 Å². The zero-order valence-electron chi connectivity index (χ0n) is 13.8. The van der Waals surface area contributed by atoms with Crippen LogP contribution in [0.2, 0.25) is 0 Å². The van der Waals surface area contributed by atoms with Crippen LogP contribution >= 0.6 is 0 Å². The molecular weight excluding hydrogens is 344 g/mol. The molecule has 8 N–H and O–H groups in total. The van der Waals surface area contributed by atoms with E-state index in [1.165, 1.54) is 0 Å². The lowest BCUT2D eigenvalue weighted by Crippen LogP contribution is -2.55. The van der Waals surface area contributed by atoms with Gasteiger partial charge in [0.25, 0.3) is 0 Å². The Morgan fingerprint density at radius 1 is 1.19 bits per heavy atom. The second kappa shape index (κ2) is 7.31. The van der Waals surface area contributed by atoms with Crippen LogP contribution in [0.25, 0.3) is 10.9 Å². The molecule has 2 aromatic rings. The van der Waals surface area contributed by atoms with E-state index < -0.39 is 49.1 Å². The van der Waals surface area contributed by atoms with E-state index in [1.54, 1.807) is 24.3 Å². The predicted molar refractivity (Wildman–Crippen MR) is 90.3 cm³/mol. The second-order valence-corrected chi connectivity index (χ2v) is 6.46. The third-order valence-electron chi connectivity index (χ3n) is 4.76. The maximum absolute atomic E-state index is 11.2. The van der Waals surface area contributed by atoms with E-state index in [0.29, 0.717) is 16.8 Å². The molecule has 9 heteroatoms. The number of H-pyrrole nitrogens is 1. The van der Waals surface area contributed by atoms with E-state index in [4.69, 9.17) is 15.6 Å². The quantitative estimate of drug-likeness (QED) is 0.340. The summed E-state index contributed by atoms with van der Waals surface area (Å²) in [4.78, 5) is 14.3. The number of carbonyl (C=O) groups is 1. The van der Waals surface area contributed by atoms with Crippen LogP contribution < -0.4 is 5.73 Å². The third-order valence-corrected chi connectivity index (χ3v) is 4.76. The first kappa shape index (κ1) is 18.8. The number of aliphatic hydroxyl groups excluding tert-OH is 4. The van der Waals surface area contributed by atoms with Crippen molar-refractivity contribution in [1.82, 2.24) is 4.98 Å². The average Bonchev–Trinajstić information content (AvgIpc) is 2.98. The lowest BCUT2D eigenvalue weighted by molar-refractivity contribution is -0.232. The van der Waals surface area contributed by atoms with Gasteiger partial charge in [0.2, 0.25) is 0 Å². The van der Waals surface area contributed by atoms with Crippen molar-refractivity contribution in [2.75, 3.05) is 6.61 Å². The van der Waals surface area contributed by atoms with Crippen molar-refractivity contribution < 1.29 is 35.1 Å². The van der Waals surface area contributed by atoms with Crippen molar-refractivity contribution in [2.24, 2.45) is 5.73 Å². The fraction of sp³-hybridized carbons (Fsp3) is 0.471. The van der Waals surface area contributed by atoms with Crippen molar-refractivity contribution in [3.8, 4) is 0 Å². The SMILES string of the molecule is N[C@@H](Cc1c([C@H]2O[C@H](CO)[C@H](O)[C@H](O)[C@H]2O)[nH]c2ccccc12)C(=O)O. The van der Waals surface area contributed by atoms with Gasteiger partial charge in [-0.25, -0.2) is 0 Å². The van der Waals surface area contributed by atoms with Crippen molar-refractivity contribution in [3.05, 3.63) is 35.5 Å². The van der Waals surface area contributed by atoms with Crippen molar-refractivity contribution in [2.45, 2.75) is 43.0 Å². The van der Waals surface area contributed by atoms with Gasteiger partial charge in [0.1, 0.15) is 36.6 Å². The normalized spacial score (nSPS) is 30.4. The van der Waals surface area contributed by atoms with E-state index in [2.05, 4.69) is 4.98 Å². The van der Waals surface area contributed by atoms with Crippen LogP contribution in [-0.2, 0) is 16.0 Å². The maximum atomic E-state index is 11.2. The number of aliphatic carboxylic acids is 1. The molecule has 2 heterocycles. The van der Waals surface area contributed by atoms with Crippen LogP contribution in [0.3, 0.4) is 0 Å². The fourth-order valence-electron chi connectivity index (χ4n) is 3.33. The smallest absolute Gasteiger partial charge is 0.320 e. The summed E-state index contributed by atoms with van der Waals surface area (Å²) in [6, 6.07) is 5.96. The van der Waals surface area contributed by atoms with E-state index in [0.717, 1.165) is 5.39 Å². The number of hydrogen-bond donors (Lipinski definition) is 7. The molecule has 0 unspecified atom stereocenters. The molecule has 1 aromatic heterocycles. The summed E-state index contributed by atoms with van der Waals surface area (Å²) < 4.78 is 5.60. The number of hydrogen-bond acceptors (Lipinski definition) is 7. The first-order chi connectivity index (χ1) is 12.3. The molecule has 9 nitrogen and oxygen atoms in total. The Morgan fingerprint density at radius 2 is 1.88 bits per heavy atom. The summed E-state index contributed by atoms with van der Waals surface area (Å²) in [7, 11) is 0. The van der Waals surface area contributed by atoms with E-state index in [9.17, 15) is 25.2 Å². The molecule has 0 saturated carbocycles. The Kier molecular flexibility index (Phi) is 5.28. The fourth-order valence-corrected chi connectivity index (χ4v) is 3.33. The molecule has 0 spiro atoms. The number of benzene rings is 1. The molecule has 1 aromatic carbocycles. The van der Waals surface area contributed by atoms with Gasteiger partial charge in [-0.2, -0.15) is 0 Å². The van der Waals surface area contributed by atoms with Gasteiger partial charge in [-0.15, -0.1) is 0 Å². The monoisotopic (exact) mass is 366 g/mol. The molecule has 1 saturated heterocycles. The third kappa shape index (κ3) is 3.20. The first-order valence-corrected chi connectivity index (χ1v) is 8.23. The number of para-hydroxylation sites is 1. The highest BCUT2D eigenvalue weighted by molar-refractivity contribution is 5.86. The highest BCUT2D eigenvalue weighted by atomic mass is 16.5. The Bertz CT molecular complexity index is 791. The number of nitrogens with two attached hydrogens (primary N) is 1. The summed E-state index contributed by atoms with van der Waals surface area (Å²) in [6.45, 7) is -0.550. The molecule has 1 fully saturated rings. The molecular formula is C17H22N2O7. The molecule has 0 amide bonds. The zero-order valence-corrected chi connectivity index (χ0v) is 13.8. The molecule has 142 valence electrons. The number of aromatic amines is 1. The van der Waals surface area contributed by atoms with Gasteiger partial charge in [0.15, 0.2) is 0 Å². The minimum atomic E-state index is -1.53. The number of carboxylic acids is 1. The van der Waals surface area contributed by atoms with Crippen LogP contribution in [0.5, 0.6) is 0 Å². The Morgan fingerprint density at radius 3 is 2.54 bits per heavy atom. The second-order valence-electron chi connectivity index (χ2n) is 6.46. The standard InChI is InChI=1S/C17H22N2O7/c18-9(17(24)25)5-8-7-3-1-2-4-10(7)19-12(8)16-15(23)14(22)13(21)11(6-20)26-16/h1-4,9,11,13-16,19-23H,5-6,18H2,(H,24,25)/t9-,11+,13-,14-,15+,16+/m0/s1. The van der Waals surface area contributed by atoms with Gasteiger partial charge in [-0.1, -0.05) is 18.2 Å². The highest BCUT2D eigenvalue weighted by Gasteiger charge is 2.45. The van der Waals surface area contributed by atoms with Crippen LogP contribution in [0.4, 0.5) is 0 Å². The molecule has 1 aliphatic rings. The lowest BCUT2D eigenvalue weighted by Gasteiger charge is -2.40. The Balaban J connectivity index is 2.07. The summed E-state index contributed by atoms with van der Waals surface area (Å²) in [5.41, 5.74) is 7.28. The summed E-state index contributed by atoms with van der Waals surface area (Å²) in [5.74, 6) is -1.17. The first-order valence-electron chi connectivity index (χ1n) is 8.23. The van der Waals surface area contributed by atoms with Gasteiger partial charge in [-0.3, -0.25) is 4.79 Å². The lowest BCUT2D eigenvalue weighted by atomic mass is 9.90. The van der Waals surface area contributed by atoms with Crippen LogP contribution in [-0.4, -0.2) is 73.6 Å². The van der Waals surface area contributed by atoms with Gasteiger partial charge in [-0.05, 0) is 11.6 Å². The average molecular weight is 366 g/mol. The van der Waals surface area contributed by atoms with Gasteiger partial charge >= 0.3 is 5.97 Å². The topological polar surface area (TPSA) is 169 Å². The van der Waals surface area contributed by atoms with Gasteiger partial charge in [0.05, 0.1) is 12.3 Å². The molecule has 0 radical (unpaired) electrons. The number of nitrogens with one attached hydrogen (secondary N) is 1. The number of ether oxygens (including phenoxy) is 1. The molecule has 6 atom stereocenters. The zero-order chi connectivity index (χ0) is 19.0. The van der Waals surface area contributed by atoms with E-state index in [1.807, 2.05) is 0 Å². The Labute approximate surface area is 148 Å². The molecule has 0 aliphatic carbocycles. The van der Waals surface area contributed by atoms with Crippen LogP contribution in [0.1, 0.15) is 17.4 Å². The summed E-state index contributed by atoms with van der Waals surface area (Å²) >= 11 is 0. The maximum Gasteiger partial charge on any atom is 0.320 e. The minimum absolute atomic E-state index is 0.0241. The summed E-state index contributed by atoms with van der Waals surface area (Å²) in [5, 5.41) is 49.6. The van der Waals surface area contributed by atoms with Crippen LogP contribution in [0, 0.1) is 0 Å². The summed E-state index contributed by atoms with van der Waals surface area (Å²) in [6.07, 6.45) is -6.65. The highest BCUT2D eigenvalue weighted by Crippen LogP contribution is 2.36. The number of rotatable bonds is 5. The largest absolute Gasteiger partial charge is 0.480 e. The predicted octanol–water partition coefficient (Wildman–Crippen LogP) is -1.36. The van der Waals surface area contributed by atoms with Crippen molar-refractivity contribution >= 4 is 16.9 Å². The number of aromatic nitrogens is 1. The van der Waals surface area contributed by atoms with Gasteiger partial charge < -0.3 is 41.0 Å². The Hall–Kier alpha value is -2.01. The van der Waals surface area contributed by atoms with Gasteiger partial charge in [0, 0.05) is 17.3 Å². The van der Waals surface area contributed by atoms with E-state index in [-0.39, 0.29) is 6.42 Å². The van der Waals surface area contributed by atoms with E-state index >= 15 is 0 Å². The minimum Gasteiger partial charge on any atom is -0.480 e.